The summed E-state index contributed by atoms with van der Waals surface area (Å²) in [5, 5.41) is 2.75. The summed E-state index contributed by atoms with van der Waals surface area (Å²) in [5.41, 5.74) is 2.84. The van der Waals surface area contributed by atoms with E-state index in [1.54, 1.807) is 50.2 Å². The van der Waals surface area contributed by atoms with Gasteiger partial charge in [-0.15, -0.1) is 0 Å². The molecule has 0 saturated heterocycles. The second-order valence-corrected chi connectivity index (χ2v) is 8.67. The van der Waals surface area contributed by atoms with Crippen molar-refractivity contribution in [1.82, 2.24) is 0 Å². The van der Waals surface area contributed by atoms with Gasteiger partial charge in [-0.3, -0.25) is 9.10 Å². The van der Waals surface area contributed by atoms with Crippen LogP contribution in [0.4, 0.5) is 11.4 Å². The maximum absolute atomic E-state index is 12.8. The molecule has 1 atom stereocenters. The molecule has 0 fully saturated rings. The molecule has 0 radical (unpaired) electrons. The topological polar surface area (TPSA) is 92.8 Å². The van der Waals surface area contributed by atoms with Crippen LogP contribution in [0.2, 0.25) is 0 Å². The highest BCUT2D eigenvalue weighted by atomic mass is 32.2. The molecule has 0 aromatic heterocycles. The van der Waals surface area contributed by atoms with Crippen LogP contribution in [0.3, 0.4) is 0 Å². The van der Waals surface area contributed by atoms with Crippen molar-refractivity contribution >= 4 is 33.3 Å². The highest BCUT2D eigenvalue weighted by Crippen LogP contribution is 2.23. The molecule has 7 nitrogen and oxygen atoms in total. The van der Waals surface area contributed by atoms with Crippen LogP contribution in [0.25, 0.3) is 0 Å². The summed E-state index contributed by atoms with van der Waals surface area (Å²) in [4.78, 5) is 24.7. The standard InChI is InChI=1S/C21H26N2O5S/c1-6-28-21(25)17-10-11-19(15(3)13-17)22-20(24)16(4)23(29(5,26)27)18-9-7-8-14(2)12-18/h7-13,16H,6H2,1-5H3,(H,22,24)/t16-/m0/s1. The van der Waals surface area contributed by atoms with Crippen LogP contribution in [0.15, 0.2) is 42.5 Å². The molecule has 0 spiro atoms. The molecule has 156 valence electrons. The Hall–Kier alpha value is -2.87. The number of rotatable bonds is 7. The van der Waals surface area contributed by atoms with Crippen molar-refractivity contribution in [3.8, 4) is 0 Å². The number of nitrogens with zero attached hydrogens (tertiary/aromatic N) is 1. The highest BCUT2D eigenvalue weighted by molar-refractivity contribution is 7.92. The minimum absolute atomic E-state index is 0.272. The van der Waals surface area contributed by atoms with Gasteiger partial charge in [0.2, 0.25) is 15.9 Å². The fourth-order valence-corrected chi connectivity index (χ4v) is 4.12. The fourth-order valence-electron chi connectivity index (χ4n) is 2.96. The van der Waals surface area contributed by atoms with Gasteiger partial charge < -0.3 is 10.1 Å². The molecule has 2 rings (SSSR count). The van der Waals surface area contributed by atoms with Gasteiger partial charge in [-0.2, -0.15) is 0 Å². The predicted octanol–water partition coefficient (Wildman–Crippen LogP) is 3.27. The van der Waals surface area contributed by atoms with E-state index in [0.29, 0.717) is 22.5 Å². The monoisotopic (exact) mass is 418 g/mol. The number of ether oxygens (including phenoxy) is 1. The summed E-state index contributed by atoms with van der Waals surface area (Å²) in [5.74, 6) is -0.923. The summed E-state index contributed by atoms with van der Waals surface area (Å²) in [7, 11) is -3.69. The van der Waals surface area contributed by atoms with E-state index >= 15 is 0 Å². The van der Waals surface area contributed by atoms with Crippen LogP contribution in [0.5, 0.6) is 0 Å². The second-order valence-electron chi connectivity index (χ2n) is 6.81. The largest absolute Gasteiger partial charge is 0.462 e. The number of aryl methyl sites for hydroxylation is 2. The molecule has 0 heterocycles. The summed E-state index contributed by atoms with van der Waals surface area (Å²) in [6, 6.07) is 10.8. The Morgan fingerprint density at radius 2 is 1.83 bits per heavy atom. The number of benzene rings is 2. The third-order valence-electron chi connectivity index (χ3n) is 4.34. The molecule has 0 aliphatic rings. The number of carbonyl (C=O) groups excluding carboxylic acids is 2. The van der Waals surface area contributed by atoms with E-state index in [4.69, 9.17) is 4.74 Å². The van der Waals surface area contributed by atoms with Gasteiger partial charge in [0.25, 0.3) is 0 Å². The molecular weight excluding hydrogens is 392 g/mol. The van der Waals surface area contributed by atoms with Gasteiger partial charge in [-0.05, 0) is 69.2 Å². The van der Waals surface area contributed by atoms with Gasteiger partial charge in [0.15, 0.2) is 0 Å². The van der Waals surface area contributed by atoms with Gasteiger partial charge in [-0.1, -0.05) is 12.1 Å². The number of nitrogens with one attached hydrogen (secondary N) is 1. The third-order valence-corrected chi connectivity index (χ3v) is 5.58. The van der Waals surface area contributed by atoms with Crippen LogP contribution in [0.1, 0.15) is 35.3 Å². The number of esters is 1. The lowest BCUT2D eigenvalue weighted by Gasteiger charge is -2.28. The Kier molecular flexibility index (Phi) is 7.02. The zero-order valence-electron chi connectivity index (χ0n) is 17.2. The van der Waals surface area contributed by atoms with Crippen molar-refractivity contribution in [2.75, 3.05) is 22.5 Å². The number of hydrogen-bond donors (Lipinski definition) is 1. The first-order valence-corrected chi connectivity index (χ1v) is 11.0. The van der Waals surface area contributed by atoms with E-state index in [1.807, 2.05) is 13.0 Å². The zero-order valence-corrected chi connectivity index (χ0v) is 18.0. The van der Waals surface area contributed by atoms with Crippen LogP contribution >= 0.6 is 0 Å². The van der Waals surface area contributed by atoms with E-state index in [1.165, 1.54) is 6.92 Å². The summed E-state index contributed by atoms with van der Waals surface area (Å²) >= 11 is 0. The van der Waals surface area contributed by atoms with Crippen LogP contribution in [0, 0.1) is 13.8 Å². The maximum atomic E-state index is 12.8. The first-order valence-electron chi connectivity index (χ1n) is 9.19. The molecule has 0 saturated carbocycles. The molecule has 29 heavy (non-hydrogen) atoms. The molecule has 2 aromatic carbocycles. The van der Waals surface area contributed by atoms with Gasteiger partial charge in [0.1, 0.15) is 6.04 Å². The van der Waals surface area contributed by atoms with Gasteiger partial charge in [0, 0.05) is 5.69 Å². The first kappa shape index (κ1) is 22.4. The minimum atomic E-state index is -3.69. The normalized spacial score (nSPS) is 12.2. The summed E-state index contributed by atoms with van der Waals surface area (Å²) in [6.45, 7) is 7.12. The Bertz CT molecular complexity index is 1020. The van der Waals surface area contributed by atoms with E-state index in [2.05, 4.69) is 5.32 Å². The Balaban J connectivity index is 2.27. The van der Waals surface area contributed by atoms with Gasteiger partial charge >= 0.3 is 5.97 Å². The lowest BCUT2D eigenvalue weighted by atomic mass is 10.1. The highest BCUT2D eigenvalue weighted by Gasteiger charge is 2.29. The van der Waals surface area contributed by atoms with Crippen LogP contribution < -0.4 is 9.62 Å². The molecule has 0 bridgehead atoms. The van der Waals surface area contributed by atoms with Crippen LogP contribution in [-0.4, -0.2) is 39.2 Å². The Labute approximate surface area is 171 Å². The maximum Gasteiger partial charge on any atom is 0.338 e. The molecular formula is C21H26N2O5S. The van der Waals surface area contributed by atoms with Crippen molar-refractivity contribution in [3.05, 3.63) is 59.2 Å². The van der Waals surface area contributed by atoms with E-state index in [9.17, 15) is 18.0 Å². The number of amides is 1. The first-order chi connectivity index (χ1) is 13.5. The van der Waals surface area contributed by atoms with Crippen molar-refractivity contribution in [3.63, 3.8) is 0 Å². The Morgan fingerprint density at radius 3 is 2.38 bits per heavy atom. The fraction of sp³-hybridized carbons (Fsp3) is 0.333. The summed E-state index contributed by atoms with van der Waals surface area (Å²) < 4.78 is 30.8. The number of carbonyl (C=O) groups is 2. The Morgan fingerprint density at radius 1 is 1.14 bits per heavy atom. The number of hydrogen-bond acceptors (Lipinski definition) is 5. The van der Waals surface area contributed by atoms with E-state index in [-0.39, 0.29) is 6.61 Å². The molecule has 0 aliphatic carbocycles. The van der Waals surface area contributed by atoms with Gasteiger partial charge in [-0.25, -0.2) is 13.2 Å². The minimum Gasteiger partial charge on any atom is -0.462 e. The summed E-state index contributed by atoms with van der Waals surface area (Å²) in [6.07, 6.45) is 1.07. The lowest BCUT2D eigenvalue weighted by molar-refractivity contribution is -0.116. The van der Waals surface area contributed by atoms with E-state index < -0.39 is 27.9 Å². The third kappa shape index (κ3) is 5.57. The predicted molar refractivity (Wildman–Crippen MR) is 114 cm³/mol. The molecule has 1 amide bonds. The SMILES string of the molecule is CCOC(=O)c1ccc(NC(=O)[C@H](C)N(c2cccc(C)c2)S(C)(=O)=O)c(C)c1. The van der Waals surface area contributed by atoms with Gasteiger partial charge in [0.05, 0.1) is 24.1 Å². The van der Waals surface area contributed by atoms with Crippen molar-refractivity contribution < 1.29 is 22.7 Å². The van der Waals surface area contributed by atoms with Crippen molar-refractivity contribution in [1.29, 1.82) is 0 Å². The second kappa shape index (κ2) is 9.09. The number of anilines is 2. The molecule has 8 heteroatoms. The molecule has 1 N–H and O–H groups in total. The average Bonchev–Trinajstić information content (AvgIpc) is 2.62. The molecule has 2 aromatic rings. The quantitative estimate of drug-likeness (QED) is 0.697. The average molecular weight is 419 g/mol. The van der Waals surface area contributed by atoms with Crippen molar-refractivity contribution in [2.45, 2.75) is 33.7 Å². The lowest BCUT2D eigenvalue weighted by Crippen LogP contribution is -2.45. The van der Waals surface area contributed by atoms with Crippen LogP contribution in [-0.2, 0) is 19.6 Å². The van der Waals surface area contributed by atoms with E-state index in [0.717, 1.165) is 16.1 Å². The van der Waals surface area contributed by atoms with Crippen molar-refractivity contribution in [2.24, 2.45) is 0 Å². The number of sulfonamides is 1. The molecule has 0 unspecified atom stereocenters. The smallest absolute Gasteiger partial charge is 0.338 e. The molecule has 0 aliphatic heterocycles. The zero-order chi connectivity index (χ0) is 21.8.